The van der Waals surface area contributed by atoms with Crippen LogP contribution in [0, 0.1) is 11.7 Å². The highest BCUT2D eigenvalue weighted by Gasteiger charge is 2.45. The summed E-state index contributed by atoms with van der Waals surface area (Å²) in [5, 5.41) is 13.1. The first kappa shape index (κ1) is 22.4. The highest BCUT2D eigenvalue weighted by Crippen LogP contribution is 2.56. The molecule has 2 N–H and O–H groups in total. The van der Waals surface area contributed by atoms with Gasteiger partial charge >= 0.3 is 5.97 Å². The number of halogens is 1. The fourth-order valence-electron chi connectivity index (χ4n) is 4.04. The van der Waals surface area contributed by atoms with Crippen molar-refractivity contribution >= 4 is 34.7 Å². The number of nitrogens with one attached hydrogen (secondary N) is 1. The van der Waals surface area contributed by atoms with Crippen LogP contribution in [0.5, 0.6) is 5.75 Å². The van der Waals surface area contributed by atoms with Crippen LogP contribution >= 0.6 is 0 Å². The van der Waals surface area contributed by atoms with Crippen LogP contribution in [0.4, 0.5) is 15.8 Å². The molecule has 1 aliphatic heterocycles. The van der Waals surface area contributed by atoms with Crippen LogP contribution in [0.15, 0.2) is 36.4 Å². The Morgan fingerprint density at radius 3 is 2.81 bits per heavy atom. The van der Waals surface area contributed by atoms with Gasteiger partial charge in [-0.3, -0.25) is 8.51 Å². The maximum Gasteiger partial charge on any atom is 0.341 e. The van der Waals surface area contributed by atoms with E-state index in [0.29, 0.717) is 24.6 Å². The third kappa shape index (κ3) is 4.41. The molecular weight excluding hydrogens is 435 g/mol. The number of fused-ring (bicyclic) bond motifs is 3. The van der Waals surface area contributed by atoms with E-state index < -0.39 is 23.1 Å². The lowest BCUT2D eigenvalue weighted by atomic mass is 9.99. The molecule has 2 aromatic carbocycles. The van der Waals surface area contributed by atoms with E-state index in [-0.39, 0.29) is 34.6 Å². The molecule has 1 saturated carbocycles. The van der Waals surface area contributed by atoms with Gasteiger partial charge < -0.3 is 19.7 Å². The van der Waals surface area contributed by atoms with E-state index in [9.17, 15) is 23.1 Å². The summed E-state index contributed by atoms with van der Waals surface area (Å²) in [5.74, 6) is -0.979. The molecule has 1 aliphatic carbocycles. The molecule has 0 saturated heterocycles. The second-order valence-corrected chi connectivity index (χ2v) is 9.08. The zero-order chi connectivity index (χ0) is 23.0. The average Bonchev–Trinajstić information content (AvgIpc) is 3.52. The lowest BCUT2D eigenvalue weighted by molar-refractivity contribution is 0.0692. The van der Waals surface area contributed by atoms with Gasteiger partial charge in [0.25, 0.3) is 0 Å². The Morgan fingerprint density at radius 2 is 2.12 bits per heavy atom. The molecule has 0 bridgehead atoms. The molecule has 0 aromatic heterocycles. The lowest BCUT2D eigenvalue weighted by Gasteiger charge is -2.31. The highest BCUT2D eigenvalue weighted by molar-refractivity contribution is 7.81. The summed E-state index contributed by atoms with van der Waals surface area (Å²) in [6, 6.07) is 7.14. The quantitative estimate of drug-likeness (QED) is 0.580. The molecule has 3 atom stereocenters. The van der Waals surface area contributed by atoms with Crippen LogP contribution in [0.3, 0.4) is 0 Å². The minimum atomic E-state index is -2.87. The van der Waals surface area contributed by atoms with Crippen molar-refractivity contribution in [2.24, 2.45) is 5.92 Å². The van der Waals surface area contributed by atoms with Crippen LogP contribution in [-0.4, -0.2) is 39.0 Å². The van der Waals surface area contributed by atoms with E-state index in [0.717, 1.165) is 22.4 Å². The first-order valence-corrected chi connectivity index (χ1v) is 11.4. The molecule has 3 unspecified atom stereocenters. The number of benzene rings is 2. The SMILES string of the molecule is CC(C)NCC=Cc1cc(F)ccc1N(c1ccc2c(c1C(=O)O)OCC1CC21)S(=O)[O-]. The lowest BCUT2D eigenvalue weighted by Crippen LogP contribution is -2.24. The number of hydrogen-bond donors (Lipinski definition) is 2. The number of nitrogens with zero attached hydrogens (tertiary/aromatic N) is 1. The molecule has 1 heterocycles. The Labute approximate surface area is 188 Å². The topological polar surface area (TPSA) is 102 Å². The van der Waals surface area contributed by atoms with Crippen LogP contribution in [0.2, 0.25) is 0 Å². The Hall–Kier alpha value is -2.75. The maximum absolute atomic E-state index is 14.0. The van der Waals surface area contributed by atoms with Gasteiger partial charge in [0.05, 0.1) is 29.2 Å². The van der Waals surface area contributed by atoms with E-state index in [1.807, 2.05) is 13.8 Å². The second-order valence-electron chi connectivity index (χ2n) is 8.28. The summed E-state index contributed by atoms with van der Waals surface area (Å²) >= 11 is -2.87. The Kier molecular flexibility index (Phi) is 6.32. The normalized spacial score (nSPS) is 19.9. The van der Waals surface area contributed by atoms with E-state index in [4.69, 9.17) is 4.74 Å². The van der Waals surface area contributed by atoms with Crippen LogP contribution in [0.25, 0.3) is 6.08 Å². The minimum Gasteiger partial charge on any atom is -0.755 e. The Morgan fingerprint density at radius 1 is 1.38 bits per heavy atom. The highest BCUT2D eigenvalue weighted by atomic mass is 32.2. The van der Waals surface area contributed by atoms with Gasteiger partial charge in [-0.2, -0.15) is 0 Å². The molecule has 0 amide bonds. The van der Waals surface area contributed by atoms with Crippen molar-refractivity contribution in [3.63, 3.8) is 0 Å². The van der Waals surface area contributed by atoms with Gasteiger partial charge in [-0.25, -0.2) is 9.18 Å². The van der Waals surface area contributed by atoms with Crippen LogP contribution in [0.1, 0.15) is 47.7 Å². The fraction of sp³-hybridized carbons (Fsp3) is 0.348. The number of carbonyl (C=O) groups is 1. The van der Waals surface area contributed by atoms with Crippen molar-refractivity contribution in [3.05, 3.63) is 58.9 Å². The van der Waals surface area contributed by atoms with Crippen molar-refractivity contribution < 1.29 is 27.8 Å². The Balaban J connectivity index is 1.81. The molecule has 4 rings (SSSR count). The standard InChI is InChI=1S/C23H25FN2O5S/c1-13(2)25-9-3-4-14-10-16(24)5-7-19(14)26(32(29)30)20-8-6-17-18-11-15(18)12-31-22(17)21(20)23(27)28/h3-8,10,13,15,18,25H,9,11-12H2,1-2H3,(H,27,28)(H,29,30)/p-1. The zero-order valence-corrected chi connectivity index (χ0v) is 18.5. The molecule has 0 radical (unpaired) electrons. The number of ether oxygens (including phenoxy) is 1. The predicted octanol–water partition coefficient (Wildman–Crippen LogP) is 3.96. The summed E-state index contributed by atoms with van der Waals surface area (Å²) in [5.41, 5.74) is 0.973. The minimum absolute atomic E-state index is 0.0507. The van der Waals surface area contributed by atoms with Crippen LogP contribution in [-0.2, 0) is 11.3 Å². The first-order valence-electron chi connectivity index (χ1n) is 10.4. The van der Waals surface area contributed by atoms with Gasteiger partial charge in [-0.05, 0) is 42.2 Å². The third-order valence-electron chi connectivity index (χ3n) is 5.66. The molecular formula is C23H24FN2O5S-. The van der Waals surface area contributed by atoms with Gasteiger partial charge in [-0.15, -0.1) is 0 Å². The number of hydrogen-bond acceptors (Lipinski definition) is 5. The Bertz CT molecular complexity index is 1100. The van der Waals surface area contributed by atoms with Crippen molar-refractivity contribution in [2.45, 2.75) is 32.2 Å². The number of rotatable bonds is 8. The summed E-state index contributed by atoms with van der Waals surface area (Å²) < 4.78 is 45.3. The van der Waals surface area contributed by atoms with Crippen molar-refractivity contribution in [3.8, 4) is 5.75 Å². The first-order chi connectivity index (χ1) is 15.3. The van der Waals surface area contributed by atoms with Crippen molar-refractivity contribution in [1.82, 2.24) is 5.32 Å². The van der Waals surface area contributed by atoms with Gasteiger partial charge in [0.2, 0.25) is 0 Å². The molecule has 7 nitrogen and oxygen atoms in total. The smallest absolute Gasteiger partial charge is 0.341 e. The number of carboxylic acid groups (broad SMARTS) is 1. The van der Waals surface area contributed by atoms with E-state index in [2.05, 4.69) is 5.32 Å². The molecule has 32 heavy (non-hydrogen) atoms. The summed E-state index contributed by atoms with van der Waals surface area (Å²) in [7, 11) is 0. The zero-order valence-electron chi connectivity index (χ0n) is 17.7. The third-order valence-corrected chi connectivity index (χ3v) is 6.35. The monoisotopic (exact) mass is 459 g/mol. The number of aromatic carboxylic acids is 1. The van der Waals surface area contributed by atoms with Gasteiger partial charge in [0.1, 0.15) is 17.1 Å². The van der Waals surface area contributed by atoms with Crippen molar-refractivity contribution in [2.75, 3.05) is 17.5 Å². The maximum atomic E-state index is 14.0. The van der Waals surface area contributed by atoms with Gasteiger partial charge in [-0.1, -0.05) is 32.1 Å². The molecule has 2 aromatic rings. The van der Waals surface area contributed by atoms with E-state index in [1.165, 1.54) is 18.2 Å². The molecule has 1 fully saturated rings. The fourth-order valence-corrected chi connectivity index (χ4v) is 4.68. The molecule has 0 spiro atoms. The summed E-state index contributed by atoms with van der Waals surface area (Å²) in [6.45, 7) is 4.89. The summed E-state index contributed by atoms with van der Waals surface area (Å²) in [6.07, 6.45) is 4.29. The number of anilines is 2. The van der Waals surface area contributed by atoms with E-state index in [1.54, 1.807) is 18.2 Å². The van der Waals surface area contributed by atoms with Gasteiger partial charge in [0.15, 0.2) is 0 Å². The van der Waals surface area contributed by atoms with Crippen LogP contribution < -0.4 is 14.4 Å². The molecule has 170 valence electrons. The van der Waals surface area contributed by atoms with Crippen molar-refractivity contribution in [1.29, 1.82) is 0 Å². The predicted molar refractivity (Wildman–Crippen MR) is 119 cm³/mol. The largest absolute Gasteiger partial charge is 0.755 e. The number of carboxylic acids is 1. The average molecular weight is 460 g/mol. The second kappa shape index (κ2) is 9.01. The van der Waals surface area contributed by atoms with Gasteiger partial charge in [0, 0.05) is 24.1 Å². The summed E-state index contributed by atoms with van der Waals surface area (Å²) in [4.78, 5) is 12.2. The molecule has 9 heteroatoms. The molecule has 2 aliphatic rings. The van der Waals surface area contributed by atoms with E-state index >= 15 is 0 Å².